The molecule has 0 bridgehead atoms. The van der Waals surface area contributed by atoms with E-state index in [0.29, 0.717) is 6.42 Å². The lowest BCUT2D eigenvalue weighted by Gasteiger charge is -2.22. The highest BCUT2D eigenvalue weighted by Crippen LogP contribution is 2.28. The zero-order valence-corrected chi connectivity index (χ0v) is 17.6. The molecule has 1 aliphatic rings. The van der Waals surface area contributed by atoms with Gasteiger partial charge in [0.25, 0.3) is 0 Å². The minimum Gasteiger partial charge on any atom is -0.497 e. The van der Waals surface area contributed by atoms with Gasteiger partial charge in [0.2, 0.25) is 0 Å². The van der Waals surface area contributed by atoms with Crippen LogP contribution in [0, 0.1) is 0 Å². The van der Waals surface area contributed by atoms with Gasteiger partial charge in [0.1, 0.15) is 5.75 Å². The number of carbonyl (C=O) groups excluding carboxylic acids is 1. The van der Waals surface area contributed by atoms with Crippen LogP contribution >= 0.6 is 0 Å². The third-order valence-corrected chi connectivity index (χ3v) is 5.30. The van der Waals surface area contributed by atoms with Gasteiger partial charge >= 0.3 is 6.03 Å². The number of nitrogens with zero attached hydrogens (tertiary/aromatic N) is 4. The molecule has 2 aromatic carbocycles. The number of ether oxygens (including phenoxy) is 1. The van der Waals surface area contributed by atoms with E-state index < -0.39 is 0 Å². The van der Waals surface area contributed by atoms with E-state index in [0.717, 1.165) is 39.4 Å². The van der Waals surface area contributed by atoms with Crippen LogP contribution in [0.5, 0.6) is 5.75 Å². The SMILES string of the molecule is CNC(=O)N1N=C(c2ccc(-c3ccn(C)n3)cc2)c2cc(OC)ccc2C[C@@H]1C. The average Bonchev–Trinajstić information content (AvgIpc) is 3.14. The highest BCUT2D eigenvalue weighted by molar-refractivity contribution is 6.14. The van der Waals surface area contributed by atoms with Crippen LogP contribution in [0.2, 0.25) is 0 Å². The summed E-state index contributed by atoms with van der Waals surface area (Å²) >= 11 is 0. The van der Waals surface area contributed by atoms with Crippen LogP contribution in [0.15, 0.2) is 59.8 Å². The van der Waals surface area contributed by atoms with Crippen molar-refractivity contribution in [3.8, 4) is 17.0 Å². The Morgan fingerprint density at radius 2 is 1.87 bits per heavy atom. The van der Waals surface area contributed by atoms with Crippen molar-refractivity contribution in [3.05, 3.63) is 71.4 Å². The summed E-state index contributed by atoms with van der Waals surface area (Å²) in [6.07, 6.45) is 2.62. The molecule has 0 spiro atoms. The molecule has 2 amide bonds. The summed E-state index contributed by atoms with van der Waals surface area (Å²) in [5.41, 5.74) is 5.70. The lowest BCUT2D eigenvalue weighted by molar-refractivity contribution is 0.184. The van der Waals surface area contributed by atoms with E-state index >= 15 is 0 Å². The maximum Gasteiger partial charge on any atom is 0.337 e. The van der Waals surface area contributed by atoms with Crippen molar-refractivity contribution < 1.29 is 9.53 Å². The second-order valence-corrected chi connectivity index (χ2v) is 7.38. The Morgan fingerprint density at radius 3 is 2.50 bits per heavy atom. The Hall–Kier alpha value is -3.61. The standard InChI is InChI=1S/C23H25N5O2/c1-15-13-18-9-10-19(30-4)14-20(18)22(26-28(15)23(29)24-2)17-7-5-16(6-8-17)21-11-12-27(3)25-21/h5-12,14-15H,13H2,1-4H3,(H,24,29)/t15-/m0/s1. The summed E-state index contributed by atoms with van der Waals surface area (Å²) in [7, 11) is 5.17. The number of carbonyl (C=O) groups is 1. The number of hydrazone groups is 1. The van der Waals surface area contributed by atoms with Crippen LogP contribution < -0.4 is 10.1 Å². The summed E-state index contributed by atoms with van der Waals surface area (Å²) in [6, 6.07) is 15.7. The van der Waals surface area contributed by atoms with E-state index in [4.69, 9.17) is 9.84 Å². The van der Waals surface area contributed by atoms with Crippen molar-refractivity contribution in [1.82, 2.24) is 20.1 Å². The number of nitrogens with one attached hydrogen (secondary N) is 1. The van der Waals surface area contributed by atoms with Crippen molar-refractivity contribution in [1.29, 1.82) is 0 Å². The largest absolute Gasteiger partial charge is 0.497 e. The fraction of sp³-hybridized carbons (Fsp3) is 0.261. The molecule has 154 valence electrons. The summed E-state index contributed by atoms with van der Waals surface area (Å²) in [5.74, 6) is 0.757. The lowest BCUT2D eigenvalue weighted by atomic mass is 9.94. The van der Waals surface area contributed by atoms with Gasteiger partial charge in [0.05, 0.1) is 24.6 Å². The van der Waals surface area contributed by atoms with Gasteiger partial charge in [-0.05, 0) is 37.1 Å². The molecule has 7 nitrogen and oxygen atoms in total. The van der Waals surface area contributed by atoms with Gasteiger partial charge in [-0.25, -0.2) is 9.80 Å². The molecule has 1 aromatic heterocycles. The van der Waals surface area contributed by atoms with Crippen LogP contribution in [0.4, 0.5) is 4.79 Å². The van der Waals surface area contributed by atoms with E-state index in [1.165, 1.54) is 5.01 Å². The van der Waals surface area contributed by atoms with E-state index in [9.17, 15) is 4.79 Å². The van der Waals surface area contributed by atoms with E-state index in [1.807, 2.05) is 62.6 Å². The second kappa shape index (κ2) is 8.02. The van der Waals surface area contributed by atoms with Crippen LogP contribution in [0.3, 0.4) is 0 Å². The zero-order chi connectivity index (χ0) is 21.3. The van der Waals surface area contributed by atoms with E-state index in [-0.39, 0.29) is 12.1 Å². The van der Waals surface area contributed by atoms with Crippen molar-refractivity contribution in [2.75, 3.05) is 14.2 Å². The first-order valence-corrected chi connectivity index (χ1v) is 9.87. The quantitative estimate of drug-likeness (QED) is 0.728. The number of hydrogen-bond acceptors (Lipinski definition) is 4. The fourth-order valence-corrected chi connectivity index (χ4v) is 3.69. The van der Waals surface area contributed by atoms with Crippen molar-refractivity contribution in [2.24, 2.45) is 12.1 Å². The molecule has 0 unspecified atom stereocenters. The number of aromatic nitrogens is 2. The van der Waals surface area contributed by atoms with Gasteiger partial charge in [0.15, 0.2) is 0 Å². The molecule has 0 fully saturated rings. The second-order valence-electron chi connectivity index (χ2n) is 7.38. The summed E-state index contributed by atoms with van der Waals surface area (Å²) in [4.78, 5) is 12.5. The molecule has 0 saturated heterocycles. The van der Waals surface area contributed by atoms with Crippen LogP contribution in [-0.4, -0.2) is 46.7 Å². The Kier molecular flexibility index (Phi) is 5.27. The zero-order valence-electron chi connectivity index (χ0n) is 17.6. The molecule has 1 atom stereocenters. The molecule has 2 heterocycles. The van der Waals surface area contributed by atoms with Gasteiger partial charge in [-0.15, -0.1) is 0 Å². The molecule has 3 aromatic rings. The minimum atomic E-state index is -0.232. The normalized spacial score (nSPS) is 15.8. The van der Waals surface area contributed by atoms with Crippen LogP contribution in [-0.2, 0) is 13.5 Å². The van der Waals surface area contributed by atoms with Gasteiger partial charge < -0.3 is 10.1 Å². The molecule has 0 radical (unpaired) electrons. The highest BCUT2D eigenvalue weighted by atomic mass is 16.5. The van der Waals surface area contributed by atoms with Crippen molar-refractivity contribution in [3.63, 3.8) is 0 Å². The number of aryl methyl sites for hydroxylation is 1. The predicted molar refractivity (Wildman–Crippen MR) is 117 cm³/mol. The minimum absolute atomic E-state index is 0.0811. The highest BCUT2D eigenvalue weighted by Gasteiger charge is 2.27. The first kappa shape index (κ1) is 19.7. The van der Waals surface area contributed by atoms with E-state index in [2.05, 4.69) is 16.5 Å². The first-order chi connectivity index (χ1) is 14.5. The third kappa shape index (κ3) is 3.66. The molecular formula is C23H25N5O2. The summed E-state index contributed by atoms with van der Waals surface area (Å²) < 4.78 is 7.23. The maximum absolute atomic E-state index is 12.5. The van der Waals surface area contributed by atoms with Gasteiger partial charge in [-0.2, -0.15) is 10.2 Å². The number of urea groups is 1. The van der Waals surface area contributed by atoms with E-state index in [1.54, 1.807) is 18.8 Å². The maximum atomic E-state index is 12.5. The Balaban J connectivity index is 1.82. The number of benzene rings is 2. The van der Waals surface area contributed by atoms with Gasteiger partial charge in [-0.3, -0.25) is 4.68 Å². The topological polar surface area (TPSA) is 71.8 Å². The number of methoxy groups -OCH3 is 1. The molecule has 0 aliphatic carbocycles. The average molecular weight is 403 g/mol. The lowest BCUT2D eigenvalue weighted by Crippen LogP contribution is -2.41. The first-order valence-electron chi connectivity index (χ1n) is 9.87. The smallest absolute Gasteiger partial charge is 0.337 e. The Labute approximate surface area is 176 Å². The molecule has 0 saturated carbocycles. The van der Waals surface area contributed by atoms with Gasteiger partial charge in [-0.1, -0.05) is 30.3 Å². The number of fused-ring (bicyclic) bond motifs is 1. The van der Waals surface area contributed by atoms with Crippen LogP contribution in [0.1, 0.15) is 23.6 Å². The Bertz CT molecular complexity index is 1100. The molecule has 30 heavy (non-hydrogen) atoms. The Morgan fingerprint density at radius 1 is 1.13 bits per heavy atom. The predicted octanol–water partition coefficient (Wildman–Crippen LogP) is 3.43. The molecule has 1 N–H and O–H groups in total. The molecule has 1 aliphatic heterocycles. The monoisotopic (exact) mass is 403 g/mol. The van der Waals surface area contributed by atoms with Gasteiger partial charge in [0, 0.05) is 37.0 Å². The van der Waals surface area contributed by atoms with Crippen molar-refractivity contribution in [2.45, 2.75) is 19.4 Å². The summed E-state index contributed by atoms with van der Waals surface area (Å²) in [6.45, 7) is 2.00. The van der Waals surface area contributed by atoms with Crippen molar-refractivity contribution >= 4 is 11.7 Å². The molecule has 7 heteroatoms. The molecular weight excluding hydrogens is 378 g/mol. The third-order valence-electron chi connectivity index (χ3n) is 5.30. The number of hydrogen-bond donors (Lipinski definition) is 1. The summed E-state index contributed by atoms with van der Waals surface area (Å²) in [5, 5.41) is 13.5. The van der Waals surface area contributed by atoms with Crippen LogP contribution in [0.25, 0.3) is 11.3 Å². The molecule has 4 rings (SSSR count). The number of amides is 2. The fourth-order valence-electron chi connectivity index (χ4n) is 3.69. The number of rotatable bonds is 3.